The molecule has 4 rings (SSSR count). The van der Waals surface area contributed by atoms with Crippen LogP contribution in [-0.2, 0) is 34.5 Å². The second kappa shape index (κ2) is 13.6. The molecule has 0 radical (unpaired) electrons. The fourth-order valence-corrected chi connectivity index (χ4v) is 4.53. The van der Waals surface area contributed by atoms with Crippen molar-refractivity contribution in [2.75, 3.05) is 13.1 Å². The summed E-state index contributed by atoms with van der Waals surface area (Å²) in [4.78, 5) is 39.3. The number of alkyl halides is 6. The number of likely N-dealkylation sites (tertiary alicyclic amines) is 2. The Balaban J connectivity index is 0.000000333. The number of aliphatic carboxylic acids is 2. The smallest absolute Gasteiger partial charge is 0.475 e. The minimum Gasteiger partial charge on any atom is -0.475 e. The number of carboxylic acids is 2. The molecular weight excluding hydrogens is 552 g/mol. The molecule has 0 aromatic carbocycles. The third-order valence-corrected chi connectivity index (χ3v) is 6.40. The second-order valence-electron chi connectivity index (χ2n) is 9.32. The molecule has 222 valence electrons. The van der Waals surface area contributed by atoms with Gasteiger partial charge in [0.2, 0.25) is 5.91 Å². The van der Waals surface area contributed by atoms with Crippen LogP contribution in [0.5, 0.6) is 0 Å². The van der Waals surface area contributed by atoms with Gasteiger partial charge >= 0.3 is 24.3 Å². The van der Waals surface area contributed by atoms with Gasteiger partial charge in [-0.3, -0.25) is 19.4 Å². The van der Waals surface area contributed by atoms with E-state index < -0.39 is 24.3 Å². The highest BCUT2D eigenvalue weighted by Gasteiger charge is 2.45. The first-order valence-electron chi connectivity index (χ1n) is 12.0. The highest BCUT2D eigenvalue weighted by Crippen LogP contribution is 2.40. The van der Waals surface area contributed by atoms with Gasteiger partial charge in [-0.05, 0) is 43.9 Å². The van der Waals surface area contributed by atoms with Crippen LogP contribution in [0.2, 0.25) is 0 Å². The van der Waals surface area contributed by atoms with Crippen LogP contribution in [0.3, 0.4) is 0 Å². The number of halogens is 6. The number of amides is 1. The zero-order valence-corrected chi connectivity index (χ0v) is 21.5. The van der Waals surface area contributed by atoms with Gasteiger partial charge in [-0.15, -0.1) is 0 Å². The molecule has 10 nitrogen and oxygen atoms in total. The molecule has 2 N–H and O–H groups in total. The largest absolute Gasteiger partial charge is 0.490 e. The molecule has 1 atom stereocenters. The average Bonchev–Trinajstić information content (AvgIpc) is 3.32. The van der Waals surface area contributed by atoms with E-state index in [1.54, 1.807) is 6.20 Å². The van der Waals surface area contributed by atoms with Crippen LogP contribution in [0, 0.1) is 0 Å². The van der Waals surface area contributed by atoms with Gasteiger partial charge in [0.15, 0.2) is 0 Å². The molecule has 40 heavy (non-hydrogen) atoms. The summed E-state index contributed by atoms with van der Waals surface area (Å²) in [5.41, 5.74) is 2.41. The quantitative estimate of drug-likeness (QED) is 0.524. The summed E-state index contributed by atoms with van der Waals surface area (Å²) < 4.78 is 65.3. The number of hydrogen-bond donors (Lipinski definition) is 2. The predicted molar refractivity (Wildman–Crippen MR) is 126 cm³/mol. The Kier molecular flexibility index (Phi) is 11.0. The molecule has 1 unspecified atom stereocenters. The summed E-state index contributed by atoms with van der Waals surface area (Å²) in [6.07, 6.45) is 2.51. The van der Waals surface area contributed by atoms with Crippen molar-refractivity contribution in [1.82, 2.24) is 24.6 Å². The Bertz CT molecular complexity index is 1120. The van der Waals surface area contributed by atoms with Crippen LogP contribution in [0.25, 0.3) is 0 Å². The molecule has 0 saturated carbocycles. The summed E-state index contributed by atoms with van der Waals surface area (Å²) >= 11 is 0. The highest BCUT2D eigenvalue weighted by atomic mass is 19.4. The van der Waals surface area contributed by atoms with E-state index in [9.17, 15) is 31.1 Å². The molecule has 16 heteroatoms. The molecule has 2 aliphatic rings. The second-order valence-corrected chi connectivity index (χ2v) is 9.32. The molecule has 2 fully saturated rings. The Morgan fingerprint density at radius 2 is 1.57 bits per heavy atom. The van der Waals surface area contributed by atoms with Gasteiger partial charge in [0.05, 0.1) is 6.20 Å². The fraction of sp³-hybridized carbons (Fsp3) is 0.542. The van der Waals surface area contributed by atoms with Crippen LogP contribution in [-0.4, -0.2) is 83.6 Å². The zero-order valence-electron chi connectivity index (χ0n) is 21.5. The molecule has 2 aromatic heterocycles. The molecule has 2 aromatic rings. The number of nitrogens with zero attached hydrogens (tertiary/aromatic N) is 5. The van der Waals surface area contributed by atoms with Crippen molar-refractivity contribution in [3.63, 3.8) is 0 Å². The van der Waals surface area contributed by atoms with Crippen LogP contribution in [0.4, 0.5) is 26.3 Å². The van der Waals surface area contributed by atoms with Crippen LogP contribution >= 0.6 is 0 Å². The average molecular weight is 582 g/mol. The van der Waals surface area contributed by atoms with Crippen LogP contribution < -0.4 is 0 Å². The topological polar surface area (TPSA) is 129 Å². The van der Waals surface area contributed by atoms with Gasteiger partial charge in [-0.1, -0.05) is 6.07 Å². The van der Waals surface area contributed by atoms with E-state index in [4.69, 9.17) is 19.8 Å². The lowest BCUT2D eigenvalue weighted by Crippen LogP contribution is -2.45. The first-order valence-corrected chi connectivity index (χ1v) is 12.0. The van der Waals surface area contributed by atoms with Gasteiger partial charge < -0.3 is 15.1 Å². The molecule has 1 spiro atoms. The number of hydrogen-bond acceptors (Lipinski definition) is 6. The Morgan fingerprint density at radius 3 is 2.08 bits per heavy atom. The molecule has 4 heterocycles. The monoisotopic (exact) mass is 581 g/mol. The number of carbonyl (C=O) groups is 3. The van der Waals surface area contributed by atoms with E-state index in [1.165, 1.54) is 5.56 Å². The molecule has 2 saturated heterocycles. The normalized spacial score (nSPS) is 19.8. The number of aryl methyl sites for hydroxylation is 1. The maximum absolute atomic E-state index is 12.6. The van der Waals surface area contributed by atoms with Crippen LogP contribution in [0.15, 0.2) is 36.9 Å². The lowest BCUT2D eigenvalue weighted by Gasteiger charge is -2.38. The molecule has 2 aliphatic heterocycles. The van der Waals surface area contributed by atoms with Crippen molar-refractivity contribution < 1.29 is 50.9 Å². The van der Waals surface area contributed by atoms with E-state index >= 15 is 0 Å². The molecule has 1 amide bonds. The van der Waals surface area contributed by atoms with Crippen molar-refractivity contribution in [3.8, 4) is 0 Å². The minimum atomic E-state index is -5.08. The van der Waals surface area contributed by atoms with E-state index in [0.717, 1.165) is 50.9 Å². The van der Waals surface area contributed by atoms with Gasteiger partial charge in [-0.25, -0.2) is 9.59 Å². The summed E-state index contributed by atoms with van der Waals surface area (Å²) in [7, 11) is 1.96. The zero-order chi connectivity index (χ0) is 30.1. The summed E-state index contributed by atoms with van der Waals surface area (Å²) in [6.45, 7) is 3.76. The standard InChI is InChI=1S/C20H27N5O.2C2HF3O2/c1-23-14-18(13-22-23)15-24-10-3-6-20(8-11-24)7-5-19(26)25(20)16-17-4-2-9-21-12-17;2*3-2(4,5)1(6)7/h2,4,9,12-14H,3,5-8,10-11,15-16H2,1H3;2*(H,6,7). The van der Waals surface area contributed by atoms with Crippen LogP contribution in [0.1, 0.15) is 43.2 Å². The number of carboxylic acid groups (broad SMARTS) is 2. The minimum absolute atomic E-state index is 0.0244. The van der Waals surface area contributed by atoms with Crippen molar-refractivity contribution in [1.29, 1.82) is 0 Å². The van der Waals surface area contributed by atoms with E-state index in [0.29, 0.717) is 18.9 Å². The Labute approximate surface area is 225 Å². The molecular formula is C24H29F6N5O5. The van der Waals surface area contributed by atoms with Crippen molar-refractivity contribution >= 4 is 17.8 Å². The first kappa shape index (κ1) is 32.5. The maximum Gasteiger partial charge on any atom is 0.490 e. The number of aromatic nitrogens is 3. The van der Waals surface area contributed by atoms with E-state index in [-0.39, 0.29) is 5.54 Å². The SMILES string of the molecule is Cn1cc(CN2CCCC3(CCC(=O)N3Cc3cccnc3)CC2)cn1.O=C(O)C(F)(F)F.O=C(O)C(F)(F)F. The lowest BCUT2D eigenvalue weighted by atomic mass is 9.87. The maximum atomic E-state index is 12.6. The van der Waals surface area contributed by atoms with Gasteiger partial charge in [0.1, 0.15) is 0 Å². The van der Waals surface area contributed by atoms with Crippen molar-refractivity contribution in [3.05, 3.63) is 48.0 Å². The number of carbonyl (C=O) groups excluding carboxylic acids is 1. The number of pyridine rings is 1. The predicted octanol–water partition coefficient (Wildman–Crippen LogP) is 3.63. The van der Waals surface area contributed by atoms with Gasteiger partial charge in [-0.2, -0.15) is 31.4 Å². The van der Waals surface area contributed by atoms with Gasteiger partial charge in [0.25, 0.3) is 0 Å². The summed E-state index contributed by atoms with van der Waals surface area (Å²) in [5.74, 6) is -5.21. The highest BCUT2D eigenvalue weighted by molar-refractivity contribution is 5.79. The van der Waals surface area contributed by atoms with Crippen molar-refractivity contribution in [2.45, 2.75) is 63.1 Å². The fourth-order valence-electron chi connectivity index (χ4n) is 4.53. The molecule has 0 aliphatic carbocycles. The van der Waals surface area contributed by atoms with Crippen molar-refractivity contribution in [2.24, 2.45) is 7.05 Å². The number of rotatable bonds is 4. The summed E-state index contributed by atoms with van der Waals surface area (Å²) in [5, 5.41) is 18.5. The van der Waals surface area contributed by atoms with Gasteiger partial charge in [0, 0.05) is 62.8 Å². The third-order valence-electron chi connectivity index (χ3n) is 6.40. The Morgan fingerprint density at radius 1 is 0.950 bits per heavy atom. The Hall–Kier alpha value is -3.69. The first-order chi connectivity index (χ1) is 18.5. The van der Waals surface area contributed by atoms with E-state index in [2.05, 4.69) is 32.1 Å². The molecule has 0 bridgehead atoms. The summed E-state index contributed by atoms with van der Waals surface area (Å²) in [6, 6.07) is 4.02. The van der Waals surface area contributed by atoms with E-state index in [1.807, 2.05) is 30.2 Å². The lowest BCUT2D eigenvalue weighted by molar-refractivity contribution is -0.193. The third kappa shape index (κ3) is 9.81.